The number of nitrogens with zero attached hydrogens (tertiary/aromatic N) is 3. The summed E-state index contributed by atoms with van der Waals surface area (Å²) in [4.78, 5) is 26.3. The second-order valence-electron chi connectivity index (χ2n) is 3.79. The fraction of sp³-hybridized carbons (Fsp3) is 0.0909. The Balaban J connectivity index is 2.46. The highest BCUT2D eigenvalue weighted by Gasteiger charge is 2.16. The lowest BCUT2D eigenvalue weighted by atomic mass is 10.2. The number of halogens is 3. The molecule has 0 atom stereocenters. The highest BCUT2D eigenvalue weighted by atomic mass is 127. The summed E-state index contributed by atoms with van der Waals surface area (Å²) in [6, 6.07) is 4.66. The van der Waals surface area contributed by atoms with E-state index in [9.17, 15) is 14.9 Å². The largest absolute Gasteiger partial charge is 0.294 e. The third kappa shape index (κ3) is 3.01. The van der Waals surface area contributed by atoms with Gasteiger partial charge in [-0.05, 0) is 44.1 Å². The third-order valence-electron chi connectivity index (χ3n) is 2.54. The maximum Gasteiger partial charge on any atom is 0.283 e. The van der Waals surface area contributed by atoms with E-state index >= 15 is 0 Å². The Kier molecular flexibility index (Phi) is 4.76. The number of hydrogen-bond donors (Lipinski definition) is 0. The molecule has 104 valence electrons. The van der Waals surface area contributed by atoms with Crippen molar-refractivity contribution in [2.75, 3.05) is 0 Å². The summed E-state index contributed by atoms with van der Waals surface area (Å²) in [5, 5.41) is 11.0. The Morgan fingerprint density at radius 2 is 2.20 bits per heavy atom. The first-order chi connectivity index (χ1) is 9.41. The van der Waals surface area contributed by atoms with Gasteiger partial charge in [0.05, 0.1) is 17.8 Å². The monoisotopic (exact) mass is 469 g/mol. The first-order valence-electron chi connectivity index (χ1n) is 5.24. The molecule has 2 rings (SSSR count). The Hall–Kier alpha value is -1.00. The molecule has 0 amide bonds. The number of benzene rings is 1. The minimum Gasteiger partial charge on any atom is -0.294 e. The van der Waals surface area contributed by atoms with Crippen LogP contribution in [0.5, 0.6) is 0 Å². The van der Waals surface area contributed by atoms with Crippen LogP contribution in [0.1, 0.15) is 5.56 Å². The van der Waals surface area contributed by atoms with Crippen LogP contribution in [-0.2, 0) is 6.54 Å². The van der Waals surface area contributed by atoms with Gasteiger partial charge in [-0.2, -0.15) is 0 Å². The zero-order chi connectivity index (χ0) is 14.9. The van der Waals surface area contributed by atoms with Crippen LogP contribution < -0.4 is 5.56 Å². The lowest BCUT2D eigenvalue weighted by Gasteiger charge is -2.08. The van der Waals surface area contributed by atoms with E-state index in [1.165, 1.54) is 17.0 Å². The molecule has 1 aromatic heterocycles. The topological polar surface area (TPSA) is 78.0 Å². The average molecular weight is 470 g/mol. The van der Waals surface area contributed by atoms with Crippen LogP contribution in [0.15, 0.2) is 33.8 Å². The van der Waals surface area contributed by atoms with E-state index in [1.54, 1.807) is 12.1 Å². The van der Waals surface area contributed by atoms with Crippen molar-refractivity contribution in [3.8, 4) is 0 Å². The zero-order valence-corrected chi connectivity index (χ0v) is 14.2. The minimum absolute atomic E-state index is 0.0489. The van der Waals surface area contributed by atoms with E-state index in [4.69, 9.17) is 11.6 Å². The molecule has 0 saturated carbocycles. The van der Waals surface area contributed by atoms with Gasteiger partial charge in [0.25, 0.3) is 11.2 Å². The Morgan fingerprint density at radius 1 is 1.50 bits per heavy atom. The van der Waals surface area contributed by atoms with Crippen LogP contribution in [0.25, 0.3) is 0 Å². The molecule has 0 aliphatic rings. The van der Waals surface area contributed by atoms with Crippen molar-refractivity contribution < 1.29 is 4.92 Å². The normalized spacial score (nSPS) is 10.6. The molecular formula is C11H6BrClIN3O3. The van der Waals surface area contributed by atoms with E-state index in [1.807, 2.05) is 22.6 Å². The van der Waals surface area contributed by atoms with Crippen molar-refractivity contribution in [1.82, 2.24) is 9.55 Å². The summed E-state index contributed by atoms with van der Waals surface area (Å²) in [6.07, 6.45) is 1.32. The van der Waals surface area contributed by atoms with Crippen LogP contribution in [0.3, 0.4) is 0 Å². The van der Waals surface area contributed by atoms with Crippen molar-refractivity contribution in [2.24, 2.45) is 0 Å². The summed E-state index contributed by atoms with van der Waals surface area (Å²) in [5.41, 5.74) is 0.275. The first-order valence-corrected chi connectivity index (χ1v) is 7.49. The van der Waals surface area contributed by atoms with Gasteiger partial charge in [0.2, 0.25) is 0 Å². The van der Waals surface area contributed by atoms with E-state index in [-0.39, 0.29) is 22.9 Å². The van der Waals surface area contributed by atoms with Gasteiger partial charge in [-0.25, -0.2) is 4.98 Å². The average Bonchev–Trinajstić information content (AvgIpc) is 2.41. The predicted molar refractivity (Wildman–Crippen MR) is 86.1 cm³/mol. The van der Waals surface area contributed by atoms with Crippen LogP contribution in [0.2, 0.25) is 5.15 Å². The first kappa shape index (κ1) is 15.4. The molecule has 1 aromatic carbocycles. The molecule has 0 aliphatic carbocycles. The third-order valence-corrected chi connectivity index (χ3v) is 5.03. The molecule has 0 saturated heterocycles. The van der Waals surface area contributed by atoms with Crippen molar-refractivity contribution in [1.29, 1.82) is 0 Å². The van der Waals surface area contributed by atoms with Gasteiger partial charge in [0, 0.05) is 6.07 Å². The quantitative estimate of drug-likeness (QED) is 0.299. The standard InChI is InChI=1S/C11H6BrClIN3O3/c12-8-6(2-1-3-7(8)17(19)20)4-16-5-15-10(13)9(14)11(16)18/h1-3,5H,4H2. The van der Waals surface area contributed by atoms with E-state index in [0.717, 1.165) is 0 Å². The summed E-state index contributed by atoms with van der Waals surface area (Å²) in [5.74, 6) is 0. The fourth-order valence-corrected chi connectivity index (χ4v) is 2.68. The van der Waals surface area contributed by atoms with Gasteiger partial charge < -0.3 is 0 Å². The second kappa shape index (κ2) is 6.19. The second-order valence-corrected chi connectivity index (χ2v) is 6.02. The lowest BCUT2D eigenvalue weighted by Crippen LogP contribution is -2.23. The van der Waals surface area contributed by atoms with Crippen LogP contribution >= 0.6 is 50.1 Å². The smallest absolute Gasteiger partial charge is 0.283 e. The maximum absolute atomic E-state index is 12.0. The molecule has 0 N–H and O–H groups in total. The summed E-state index contributed by atoms with van der Waals surface area (Å²) in [6.45, 7) is 0.168. The summed E-state index contributed by atoms with van der Waals surface area (Å²) in [7, 11) is 0. The van der Waals surface area contributed by atoms with Gasteiger partial charge in [-0.3, -0.25) is 19.5 Å². The van der Waals surface area contributed by atoms with Crippen molar-refractivity contribution in [3.05, 3.63) is 63.8 Å². The van der Waals surface area contributed by atoms with Gasteiger partial charge in [-0.1, -0.05) is 23.7 Å². The molecule has 0 radical (unpaired) electrons. The van der Waals surface area contributed by atoms with E-state index in [0.29, 0.717) is 13.6 Å². The molecular weight excluding hydrogens is 464 g/mol. The summed E-state index contributed by atoms with van der Waals surface area (Å²) >= 11 is 10.8. The number of nitro benzene ring substituents is 1. The van der Waals surface area contributed by atoms with Gasteiger partial charge in [-0.15, -0.1) is 0 Å². The van der Waals surface area contributed by atoms with Gasteiger partial charge in [0.15, 0.2) is 0 Å². The highest BCUT2D eigenvalue weighted by molar-refractivity contribution is 14.1. The van der Waals surface area contributed by atoms with Crippen molar-refractivity contribution in [3.63, 3.8) is 0 Å². The number of rotatable bonds is 3. The minimum atomic E-state index is -0.486. The van der Waals surface area contributed by atoms with Crippen molar-refractivity contribution in [2.45, 2.75) is 6.54 Å². The number of nitro groups is 1. The molecule has 0 unspecified atom stereocenters. The SMILES string of the molecule is O=c1c(I)c(Cl)ncn1Cc1cccc([N+](=O)[O-])c1Br. The lowest BCUT2D eigenvalue weighted by molar-refractivity contribution is -0.385. The summed E-state index contributed by atoms with van der Waals surface area (Å²) < 4.78 is 2.01. The predicted octanol–water partition coefficient (Wildman–Crippen LogP) is 3.22. The fourth-order valence-electron chi connectivity index (χ4n) is 1.57. The molecule has 0 aliphatic heterocycles. The maximum atomic E-state index is 12.0. The molecule has 20 heavy (non-hydrogen) atoms. The van der Waals surface area contributed by atoms with Gasteiger partial charge >= 0.3 is 0 Å². The van der Waals surface area contributed by atoms with E-state index in [2.05, 4.69) is 20.9 Å². The van der Waals surface area contributed by atoms with Crippen LogP contribution in [-0.4, -0.2) is 14.5 Å². The number of aromatic nitrogens is 2. The van der Waals surface area contributed by atoms with E-state index < -0.39 is 4.92 Å². The van der Waals surface area contributed by atoms with Crippen molar-refractivity contribution >= 4 is 55.8 Å². The van der Waals surface area contributed by atoms with Gasteiger partial charge in [0.1, 0.15) is 13.2 Å². The Labute approximate surface area is 140 Å². The molecule has 0 bridgehead atoms. The molecule has 2 aromatic rings. The van der Waals surface area contributed by atoms with Crippen LogP contribution in [0.4, 0.5) is 5.69 Å². The molecule has 1 heterocycles. The number of hydrogen-bond acceptors (Lipinski definition) is 4. The molecule has 0 spiro atoms. The Bertz CT molecular complexity index is 750. The molecule has 6 nitrogen and oxygen atoms in total. The molecule has 9 heteroatoms. The Morgan fingerprint density at radius 3 is 2.85 bits per heavy atom. The highest BCUT2D eigenvalue weighted by Crippen LogP contribution is 2.28. The zero-order valence-electron chi connectivity index (χ0n) is 9.72. The molecule has 0 fully saturated rings. The van der Waals surface area contributed by atoms with Crippen LogP contribution in [0, 0.1) is 13.7 Å².